The molecule has 0 aliphatic carbocycles. The maximum atomic E-state index is 11.1. The van der Waals surface area contributed by atoms with Crippen molar-refractivity contribution in [3.05, 3.63) is 41.6 Å². The van der Waals surface area contributed by atoms with Crippen LogP contribution in [0.2, 0.25) is 0 Å². The van der Waals surface area contributed by atoms with Gasteiger partial charge in [0.2, 0.25) is 16.0 Å². The van der Waals surface area contributed by atoms with Crippen LogP contribution < -0.4 is 16.2 Å². The number of anilines is 2. The molecule has 2 rings (SSSR count). The molecule has 0 amide bonds. The Morgan fingerprint density at radius 2 is 1.86 bits per heavy atom. The van der Waals surface area contributed by atoms with Gasteiger partial charge in [-0.3, -0.25) is 0 Å². The van der Waals surface area contributed by atoms with Crippen molar-refractivity contribution >= 4 is 21.8 Å². The number of hydrogen-bond acceptors (Lipinski definition) is 7. The number of rotatable bonds is 5. The van der Waals surface area contributed by atoms with Crippen LogP contribution in [0.5, 0.6) is 0 Å². The van der Waals surface area contributed by atoms with E-state index in [0.29, 0.717) is 18.1 Å². The van der Waals surface area contributed by atoms with E-state index in [1.54, 1.807) is 18.2 Å². The Labute approximate surface area is 121 Å². The summed E-state index contributed by atoms with van der Waals surface area (Å²) in [5.74, 6) is 0.538. The van der Waals surface area contributed by atoms with Gasteiger partial charge in [0, 0.05) is 12.6 Å². The molecule has 1 heterocycles. The standard InChI is InChI=1S/C12H15N5O3S/c13-12-16-9(7-18)5-11(17-12)15-6-8-1-3-10(4-2-8)21(14,19)20/h1-5,18H,6-7H2,(H2,14,19,20)(H3,13,15,16,17). The summed E-state index contributed by atoms with van der Waals surface area (Å²) >= 11 is 0. The molecule has 0 spiro atoms. The number of aromatic nitrogens is 2. The third-order valence-electron chi connectivity index (χ3n) is 2.68. The summed E-state index contributed by atoms with van der Waals surface area (Å²) in [6, 6.07) is 7.73. The minimum absolute atomic E-state index is 0.0556. The van der Waals surface area contributed by atoms with E-state index in [1.165, 1.54) is 12.1 Å². The number of aliphatic hydroxyl groups excluding tert-OH is 1. The van der Waals surface area contributed by atoms with Gasteiger partial charge in [0.1, 0.15) is 5.82 Å². The average Bonchev–Trinajstić information content (AvgIpc) is 2.44. The Hall–Kier alpha value is -2.23. The van der Waals surface area contributed by atoms with Crippen molar-refractivity contribution in [3.63, 3.8) is 0 Å². The lowest BCUT2D eigenvalue weighted by molar-refractivity contribution is 0.277. The predicted molar refractivity (Wildman–Crippen MR) is 77.5 cm³/mol. The summed E-state index contributed by atoms with van der Waals surface area (Å²) in [7, 11) is -3.69. The Bertz CT molecular complexity index is 731. The van der Waals surface area contributed by atoms with E-state index < -0.39 is 10.0 Å². The van der Waals surface area contributed by atoms with Crippen molar-refractivity contribution in [2.24, 2.45) is 5.14 Å². The molecule has 0 aliphatic rings. The van der Waals surface area contributed by atoms with Gasteiger partial charge in [-0.25, -0.2) is 18.5 Å². The van der Waals surface area contributed by atoms with Crippen LogP contribution in [0.15, 0.2) is 35.2 Å². The number of nitrogens with two attached hydrogens (primary N) is 2. The summed E-state index contributed by atoms with van der Waals surface area (Å²) < 4.78 is 22.3. The molecule has 9 heteroatoms. The smallest absolute Gasteiger partial charge is 0.238 e. The SMILES string of the molecule is Nc1nc(CO)cc(NCc2ccc(S(N)(=O)=O)cc2)n1. The van der Waals surface area contributed by atoms with Crippen LogP contribution in [0.3, 0.4) is 0 Å². The first kappa shape index (κ1) is 15.2. The second kappa shape index (κ2) is 6.04. The largest absolute Gasteiger partial charge is 0.390 e. The molecule has 6 N–H and O–H groups in total. The van der Waals surface area contributed by atoms with Gasteiger partial charge in [0.25, 0.3) is 0 Å². The molecule has 8 nitrogen and oxygen atoms in total. The summed E-state index contributed by atoms with van der Waals surface area (Å²) in [4.78, 5) is 7.88. The quantitative estimate of drug-likeness (QED) is 0.599. The van der Waals surface area contributed by atoms with Crippen LogP contribution in [-0.4, -0.2) is 23.5 Å². The summed E-state index contributed by atoms with van der Waals surface area (Å²) in [6.45, 7) is 0.177. The van der Waals surface area contributed by atoms with Gasteiger partial charge in [-0.1, -0.05) is 12.1 Å². The van der Waals surface area contributed by atoms with Gasteiger partial charge in [-0.05, 0) is 17.7 Å². The maximum Gasteiger partial charge on any atom is 0.238 e. The number of benzene rings is 1. The van der Waals surface area contributed by atoms with E-state index in [4.69, 9.17) is 16.0 Å². The molecule has 0 aliphatic heterocycles. The van der Waals surface area contributed by atoms with Gasteiger partial charge in [-0.2, -0.15) is 4.98 Å². The third-order valence-corrected chi connectivity index (χ3v) is 3.61. The van der Waals surface area contributed by atoms with E-state index >= 15 is 0 Å². The van der Waals surface area contributed by atoms with Crippen LogP contribution in [0.25, 0.3) is 0 Å². The molecular weight excluding hydrogens is 294 g/mol. The molecular formula is C12H15N5O3S. The first-order valence-corrected chi connectivity index (χ1v) is 7.53. The molecule has 2 aromatic rings. The highest BCUT2D eigenvalue weighted by atomic mass is 32.2. The van der Waals surface area contributed by atoms with Crippen LogP contribution in [0.4, 0.5) is 11.8 Å². The van der Waals surface area contributed by atoms with Crippen molar-refractivity contribution in [2.75, 3.05) is 11.1 Å². The lowest BCUT2D eigenvalue weighted by Gasteiger charge is -2.08. The topological polar surface area (TPSA) is 144 Å². The predicted octanol–water partition coefficient (Wildman–Crippen LogP) is -0.189. The highest BCUT2D eigenvalue weighted by Gasteiger charge is 2.07. The average molecular weight is 309 g/mol. The van der Waals surface area contributed by atoms with Gasteiger partial charge < -0.3 is 16.2 Å². The van der Waals surface area contributed by atoms with Crippen molar-refractivity contribution in [3.8, 4) is 0 Å². The zero-order valence-corrected chi connectivity index (χ0v) is 11.8. The van der Waals surface area contributed by atoms with E-state index in [9.17, 15) is 8.42 Å². The van der Waals surface area contributed by atoms with Gasteiger partial charge >= 0.3 is 0 Å². The molecule has 0 atom stereocenters. The Balaban J connectivity index is 2.08. The highest BCUT2D eigenvalue weighted by Crippen LogP contribution is 2.12. The molecule has 0 radical (unpaired) electrons. The fourth-order valence-corrected chi connectivity index (χ4v) is 2.19. The van der Waals surface area contributed by atoms with E-state index in [1.807, 2.05) is 0 Å². The number of nitrogen functional groups attached to an aromatic ring is 1. The summed E-state index contributed by atoms with van der Waals surface area (Å²) in [5.41, 5.74) is 6.77. The summed E-state index contributed by atoms with van der Waals surface area (Å²) in [6.07, 6.45) is 0. The van der Waals surface area contributed by atoms with Crippen molar-refractivity contribution in [1.82, 2.24) is 9.97 Å². The minimum Gasteiger partial charge on any atom is -0.390 e. The summed E-state index contributed by atoms with van der Waals surface area (Å²) in [5, 5.41) is 17.1. The van der Waals surface area contributed by atoms with Crippen molar-refractivity contribution in [2.45, 2.75) is 18.0 Å². The molecule has 112 valence electrons. The number of nitrogens with zero attached hydrogens (tertiary/aromatic N) is 2. The van der Waals surface area contributed by atoms with Crippen LogP contribution in [0.1, 0.15) is 11.3 Å². The molecule has 0 fully saturated rings. The van der Waals surface area contributed by atoms with E-state index in [-0.39, 0.29) is 17.5 Å². The minimum atomic E-state index is -3.69. The fraction of sp³-hybridized carbons (Fsp3) is 0.167. The normalized spacial score (nSPS) is 11.3. The van der Waals surface area contributed by atoms with E-state index in [0.717, 1.165) is 5.56 Å². The maximum absolute atomic E-state index is 11.1. The fourth-order valence-electron chi connectivity index (χ4n) is 1.68. The first-order chi connectivity index (χ1) is 9.88. The monoisotopic (exact) mass is 309 g/mol. The van der Waals surface area contributed by atoms with Gasteiger partial charge in [0.15, 0.2) is 0 Å². The lowest BCUT2D eigenvalue weighted by Crippen LogP contribution is -2.12. The molecule has 1 aromatic carbocycles. The molecule has 0 unspecified atom stereocenters. The van der Waals surface area contributed by atoms with E-state index in [2.05, 4.69) is 15.3 Å². The third kappa shape index (κ3) is 4.12. The zero-order valence-electron chi connectivity index (χ0n) is 11.0. The Morgan fingerprint density at radius 1 is 1.19 bits per heavy atom. The number of aliphatic hydroxyl groups is 1. The van der Waals surface area contributed by atoms with Gasteiger partial charge in [0.05, 0.1) is 17.2 Å². The number of hydrogen-bond donors (Lipinski definition) is 4. The second-order valence-electron chi connectivity index (χ2n) is 4.30. The van der Waals surface area contributed by atoms with Crippen molar-refractivity contribution < 1.29 is 13.5 Å². The van der Waals surface area contributed by atoms with Crippen molar-refractivity contribution in [1.29, 1.82) is 0 Å². The van der Waals surface area contributed by atoms with Crippen LogP contribution >= 0.6 is 0 Å². The Morgan fingerprint density at radius 3 is 2.43 bits per heavy atom. The number of sulfonamides is 1. The highest BCUT2D eigenvalue weighted by molar-refractivity contribution is 7.89. The molecule has 21 heavy (non-hydrogen) atoms. The lowest BCUT2D eigenvalue weighted by atomic mass is 10.2. The van der Waals surface area contributed by atoms with Crippen LogP contribution in [-0.2, 0) is 23.2 Å². The molecule has 0 saturated carbocycles. The van der Waals surface area contributed by atoms with Crippen LogP contribution in [0, 0.1) is 0 Å². The van der Waals surface area contributed by atoms with Gasteiger partial charge in [-0.15, -0.1) is 0 Å². The number of primary sulfonamides is 1. The first-order valence-electron chi connectivity index (χ1n) is 5.98. The molecule has 1 aromatic heterocycles. The Kier molecular flexibility index (Phi) is 4.36. The molecule has 0 saturated heterocycles. The zero-order chi connectivity index (χ0) is 15.5. The number of nitrogens with one attached hydrogen (secondary N) is 1. The second-order valence-corrected chi connectivity index (χ2v) is 5.86. The molecule has 0 bridgehead atoms.